The minimum atomic E-state index is -0.723. The molecule has 0 bridgehead atoms. The molecule has 1 amide bonds. The number of nitrogens with zero attached hydrogens (tertiary/aromatic N) is 5. The zero-order chi connectivity index (χ0) is 23.4. The number of hydrogen-bond donors (Lipinski definition) is 3. The predicted molar refractivity (Wildman–Crippen MR) is 130 cm³/mol. The molecule has 0 spiro atoms. The van der Waals surface area contributed by atoms with Crippen molar-refractivity contribution in [3.63, 3.8) is 0 Å². The molecule has 5 N–H and O–H groups in total. The van der Waals surface area contributed by atoms with E-state index in [1.807, 2.05) is 23.1 Å². The van der Waals surface area contributed by atoms with Gasteiger partial charge in [-0.05, 0) is 32.4 Å². The first kappa shape index (κ1) is 26.9. The van der Waals surface area contributed by atoms with Crippen molar-refractivity contribution < 1.29 is 56.2 Å². The third-order valence-corrected chi connectivity index (χ3v) is 6.64. The van der Waals surface area contributed by atoms with Crippen LogP contribution in [0.2, 0.25) is 0 Å². The summed E-state index contributed by atoms with van der Waals surface area (Å²) in [6.45, 7) is 5.59. The van der Waals surface area contributed by atoms with Gasteiger partial charge in [-0.2, -0.15) is 0 Å². The smallest absolute Gasteiger partial charge is 0.494 e. The van der Waals surface area contributed by atoms with Gasteiger partial charge in [-0.3, -0.25) is 10.2 Å². The molecule has 176 valence electrons. The average molecular weight is 489 g/mol. The van der Waals surface area contributed by atoms with E-state index in [4.69, 9.17) is 21.9 Å². The molecule has 1 aromatic heterocycles. The van der Waals surface area contributed by atoms with Crippen LogP contribution in [0.3, 0.4) is 0 Å². The van der Waals surface area contributed by atoms with E-state index >= 15 is 0 Å². The largest absolute Gasteiger partial charge is 1.00 e. The van der Waals surface area contributed by atoms with Crippen molar-refractivity contribution in [3.05, 3.63) is 59.1 Å². The number of rotatable bonds is 8. The Bertz CT molecular complexity index is 1020. The topological polar surface area (TPSA) is 131 Å². The van der Waals surface area contributed by atoms with Gasteiger partial charge in [0.05, 0.1) is 11.3 Å². The maximum atomic E-state index is 11.8. The SMILES string of the molecule is C[N-]/C(N)=C(\C(=N)N1CCC(c2nc(-c3ccccc3)cn2CCN2CCC2)CC1)C(N)=O.[K+]. The van der Waals surface area contributed by atoms with E-state index in [1.54, 1.807) is 0 Å². The van der Waals surface area contributed by atoms with Crippen LogP contribution in [0, 0.1) is 5.41 Å². The van der Waals surface area contributed by atoms with Crippen LogP contribution in [0.1, 0.15) is 31.0 Å². The van der Waals surface area contributed by atoms with Gasteiger partial charge in [0.25, 0.3) is 5.91 Å². The third-order valence-electron chi connectivity index (χ3n) is 6.64. The van der Waals surface area contributed by atoms with E-state index in [9.17, 15) is 4.79 Å². The number of likely N-dealkylation sites (tertiary alicyclic amines) is 2. The van der Waals surface area contributed by atoms with Crippen LogP contribution < -0.4 is 62.9 Å². The number of aromatic nitrogens is 2. The number of benzene rings is 1. The third kappa shape index (κ3) is 6.10. The number of amidine groups is 1. The van der Waals surface area contributed by atoms with E-state index in [1.165, 1.54) is 26.6 Å². The Hall–Kier alpha value is -1.69. The van der Waals surface area contributed by atoms with Gasteiger partial charge in [-0.15, -0.1) is 0 Å². The molecule has 0 unspecified atom stereocenters. The van der Waals surface area contributed by atoms with Crippen molar-refractivity contribution in [2.75, 3.05) is 39.8 Å². The number of primary amides is 1. The van der Waals surface area contributed by atoms with Crippen molar-refractivity contribution in [1.29, 1.82) is 5.41 Å². The van der Waals surface area contributed by atoms with E-state index in [0.29, 0.717) is 13.1 Å². The molecule has 2 aliphatic heterocycles. The summed E-state index contributed by atoms with van der Waals surface area (Å²) >= 11 is 0. The van der Waals surface area contributed by atoms with Crippen LogP contribution in [0.25, 0.3) is 16.6 Å². The monoisotopic (exact) mass is 488 g/mol. The van der Waals surface area contributed by atoms with Crippen LogP contribution in [0.4, 0.5) is 0 Å². The zero-order valence-electron chi connectivity index (χ0n) is 20.2. The molecular formula is C24H33KN8O. The van der Waals surface area contributed by atoms with E-state index in [2.05, 4.69) is 33.1 Å². The van der Waals surface area contributed by atoms with Crippen LogP contribution >= 0.6 is 0 Å². The number of piperidine rings is 1. The molecule has 2 fully saturated rings. The summed E-state index contributed by atoms with van der Waals surface area (Å²) in [4.78, 5) is 21.2. The van der Waals surface area contributed by atoms with E-state index in [-0.39, 0.29) is 74.5 Å². The Kier molecular flexibility index (Phi) is 9.75. The van der Waals surface area contributed by atoms with Crippen LogP contribution in [0.5, 0.6) is 0 Å². The van der Waals surface area contributed by atoms with E-state index < -0.39 is 5.91 Å². The number of nitrogens with one attached hydrogen (secondary N) is 1. The van der Waals surface area contributed by atoms with Gasteiger partial charge in [0.15, 0.2) is 0 Å². The Balaban J connectivity index is 0.00000324. The van der Waals surface area contributed by atoms with Gasteiger partial charge >= 0.3 is 51.4 Å². The summed E-state index contributed by atoms with van der Waals surface area (Å²) in [5, 5.41) is 12.3. The molecule has 1 aromatic carbocycles. The van der Waals surface area contributed by atoms with Crippen molar-refractivity contribution in [3.8, 4) is 11.3 Å². The van der Waals surface area contributed by atoms with Gasteiger partial charge in [-0.25, -0.2) is 4.98 Å². The molecule has 9 nitrogen and oxygen atoms in total. The number of carbonyl (C=O) groups is 1. The van der Waals surface area contributed by atoms with Gasteiger partial charge in [-0.1, -0.05) is 43.2 Å². The summed E-state index contributed by atoms with van der Waals surface area (Å²) in [5.74, 6) is 0.726. The van der Waals surface area contributed by atoms with Crippen LogP contribution in [0.15, 0.2) is 47.9 Å². The number of hydrogen-bond acceptors (Lipinski definition) is 5. The second-order valence-corrected chi connectivity index (χ2v) is 8.70. The van der Waals surface area contributed by atoms with E-state index in [0.717, 1.165) is 43.0 Å². The Morgan fingerprint density at radius 1 is 1.12 bits per heavy atom. The molecule has 0 atom stereocenters. The fourth-order valence-electron chi connectivity index (χ4n) is 4.53. The minimum Gasteiger partial charge on any atom is -0.494 e. The van der Waals surface area contributed by atoms with Gasteiger partial charge in [0.2, 0.25) is 0 Å². The van der Waals surface area contributed by atoms with Gasteiger partial charge < -0.3 is 31.2 Å². The summed E-state index contributed by atoms with van der Waals surface area (Å²) in [7, 11) is 1.49. The molecule has 3 heterocycles. The Morgan fingerprint density at radius 3 is 2.35 bits per heavy atom. The quantitative estimate of drug-likeness (QED) is 0.191. The summed E-state index contributed by atoms with van der Waals surface area (Å²) in [5.41, 5.74) is 13.4. The number of amides is 1. The molecule has 10 heteroatoms. The van der Waals surface area contributed by atoms with Crippen LogP contribution in [-0.2, 0) is 11.3 Å². The fourth-order valence-corrected chi connectivity index (χ4v) is 4.53. The second-order valence-electron chi connectivity index (χ2n) is 8.70. The Labute approximate surface area is 243 Å². The summed E-state index contributed by atoms with van der Waals surface area (Å²) in [6.07, 6.45) is 5.14. The predicted octanol–water partition coefficient (Wildman–Crippen LogP) is -0.924. The normalized spacial score (nSPS) is 17.4. The average Bonchev–Trinajstić information content (AvgIpc) is 3.22. The maximum absolute atomic E-state index is 11.8. The van der Waals surface area contributed by atoms with Crippen molar-refractivity contribution >= 4 is 11.7 Å². The van der Waals surface area contributed by atoms with Gasteiger partial charge in [0.1, 0.15) is 11.7 Å². The fraction of sp³-hybridized carbons (Fsp3) is 0.458. The summed E-state index contributed by atoms with van der Waals surface area (Å²) in [6, 6.07) is 10.3. The standard InChI is InChI=1S/C24H34N8O.K/c1-28-21(25)20(23(27)33)22(26)31-12-8-18(9-13-31)24-29-19(17-6-3-2-4-7-17)16-32(24)15-14-30-10-5-11-30;/h2-4,6-7,16,18H,5,8-15H2,1H3,(H6,25,26,27,28,33);/q;+1/p-1. The number of nitrogens with two attached hydrogens (primary N) is 2. The molecule has 34 heavy (non-hydrogen) atoms. The molecule has 0 aliphatic carbocycles. The summed E-state index contributed by atoms with van der Waals surface area (Å²) < 4.78 is 2.31. The first-order chi connectivity index (χ1) is 16.0. The van der Waals surface area contributed by atoms with Crippen LogP contribution in [-0.4, -0.2) is 70.9 Å². The minimum absolute atomic E-state index is 0. The molecule has 2 aromatic rings. The number of imidazole rings is 1. The number of carbonyl (C=O) groups excluding carboxylic acids is 1. The van der Waals surface area contributed by atoms with Crippen molar-refractivity contribution in [2.45, 2.75) is 31.7 Å². The molecule has 0 saturated carbocycles. The first-order valence-corrected chi connectivity index (χ1v) is 11.6. The Morgan fingerprint density at radius 2 is 1.79 bits per heavy atom. The molecule has 4 rings (SSSR count). The second kappa shape index (κ2) is 12.3. The zero-order valence-corrected chi connectivity index (χ0v) is 23.3. The molecule has 2 saturated heterocycles. The molecule has 2 aliphatic rings. The van der Waals surface area contributed by atoms with Gasteiger partial charge in [0, 0.05) is 43.9 Å². The molecular weight excluding hydrogens is 455 g/mol. The molecule has 0 radical (unpaired) electrons. The van der Waals surface area contributed by atoms with Crippen molar-refractivity contribution in [1.82, 2.24) is 19.4 Å². The first-order valence-electron chi connectivity index (χ1n) is 11.6. The maximum Gasteiger partial charge on any atom is 1.00 e. The van der Waals surface area contributed by atoms with Crippen molar-refractivity contribution in [2.24, 2.45) is 11.5 Å².